The summed E-state index contributed by atoms with van der Waals surface area (Å²) in [6.45, 7) is 0.372. The Morgan fingerprint density at radius 1 is 1.40 bits per heavy atom. The van der Waals surface area contributed by atoms with Crippen LogP contribution in [0.4, 0.5) is 0 Å². The Morgan fingerprint density at radius 3 is 2.80 bits per heavy atom. The highest BCUT2D eigenvalue weighted by Gasteiger charge is 2.06. The summed E-state index contributed by atoms with van der Waals surface area (Å²) < 4.78 is 5.35. The highest BCUT2D eigenvalue weighted by atomic mass is 35.5. The molecular weight excluding hydrogens is 214 g/mol. The van der Waals surface area contributed by atoms with E-state index >= 15 is 0 Å². The van der Waals surface area contributed by atoms with Crippen LogP contribution in [0.1, 0.15) is 10.4 Å². The molecule has 0 aliphatic heterocycles. The lowest BCUT2D eigenvalue weighted by atomic mass is 10.2. The van der Waals surface area contributed by atoms with Crippen LogP contribution in [-0.4, -0.2) is 18.4 Å². The maximum atomic E-state index is 11.0. The number of halogens is 1. The van der Waals surface area contributed by atoms with E-state index in [0.29, 0.717) is 23.8 Å². The van der Waals surface area contributed by atoms with Gasteiger partial charge in [0.2, 0.25) is 0 Å². The summed E-state index contributed by atoms with van der Waals surface area (Å²) in [5.74, 6) is 0.442. The number of amides is 1. The van der Waals surface area contributed by atoms with Gasteiger partial charge in [0, 0.05) is 5.88 Å². The highest BCUT2D eigenvalue weighted by Crippen LogP contribution is 2.16. The topological polar surface area (TPSA) is 52.3 Å². The minimum atomic E-state index is -0.494. The number of para-hydroxylation sites is 1. The van der Waals surface area contributed by atoms with Gasteiger partial charge in [-0.05, 0) is 12.1 Å². The Hall–Kier alpha value is -1.48. The van der Waals surface area contributed by atoms with Crippen LogP contribution in [0.5, 0.6) is 5.75 Å². The maximum Gasteiger partial charge on any atom is 0.252 e. The number of benzene rings is 1. The number of primary amides is 1. The highest BCUT2D eigenvalue weighted by molar-refractivity contribution is 6.18. The zero-order chi connectivity index (χ0) is 11.1. The molecule has 0 saturated heterocycles. The Labute approximate surface area is 93.5 Å². The number of ether oxygens (including phenoxy) is 1. The van der Waals surface area contributed by atoms with Crippen LogP contribution < -0.4 is 10.5 Å². The van der Waals surface area contributed by atoms with Gasteiger partial charge >= 0.3 is 0 Å². The standard InChI is InChI=1S/C11H12ClNO2/c12-7-3-4-8-15-10-6-2-1-5-9(10)11(13)14/h1-6H,7-8H2,(H2,13,14). The van der Waals surface area contributed by atoms with E-state index in [1.807, 2.05) is 0 Å². The Kier molecular flexibility index (Phi) is 4.71. The van der Waals surface area contributed by atoms with Gasteiger partial charge < -0.3 is 10.5 Å². The van der Waals surface area contributed by atoms with Gasteiger partial charge in [-0.25, -0.2) is 0 Å². The fourth-order valence-electron chi connectivity index (χ4n) is 1.06. The minimum absolute atomic E-state index is 0.372. The fraction of sp³-hybridized carbons (Fsp3) is 0.182. The average molecular weight is 226 g/mol. The molecule has 80 valence electrons. The van der Waals surface area contributed by atoms with Crippen LogP contribution in [0.15, 0.2) is 36.4 Å². The molecule has 0 spiro atoms. The first-order valence-electron chi connectivity index (χ1n) is 4.48. The zero-order valence-electron chi connectivity index (χ0n) is 8.15. The van der Waals surface area contributed by atoms with Crippen molar-refractivity contribution < 1.29 is 9.53 Å². The third-order valence-corrected chi connectivity index (χ3v) is 1.92. The van der Waals surface area contributed by atoms with E-state index in [1.165, 1.54) is 0 Å². The first-order chi connectivity index (χ1) is 7.25. The second kappa shape index (κ2) is 6.09. The molecule has 0 heterocycles. The van der Waals surface area contributed by atoms with E-state index in [2.05, 4.69) is 0 Å². The molecule has 0 unspecified atom stereocenters. The van der Waals surface area contributed by atoms with E-state index < -0.39 is 5.91 Å². The Balaban J connectivity index is 2.67. The van der Waals surface area contributed by atoms with Crippen molar-refractivity contribution in [3.63, 3.8) is 0 Å². The van der Waals surface area contributed by atoms with Crippen molar-refractivity contribution in [3.8, 4) is 5.75 Å². The number of rotatable bonds is 5. The normalized spacial score (nSPS) is 10.5. The summed E-state index contributed by atoms with van der Waals surface area (Å²) in [7, 11) is 0. The molecule has 0 aliphatic rings. The van der Waals surface area contributed by atoms with E-state index in [-0.39, 0.29) is 0 Å². The van der Waals surface area contributed by atoms with Crippen molar-refractivity contribution in [2.75, 3.05) is 12.5 Å². The van der Waals surface area contributed by atoms with Crippen LogP contribution in [-0.2, 0) is 0 Å². The molecule has 0 fully saturated rings. The second-order valence-corrected chi connectivity index (χ2v) is 3.11. The van der Waals surface area contributed by atoms with Gasteiger partial charge in [0.15, 0.2) is 0 Å². The molecule has 0 radical (unpaired) electrons. The van der Waals surface area contributed by atoms with E-state index in [9.17, 15) is 4.79 Å². The number of allylic oxidation sites excluding steroid dienone is 1. The van der Waals surface area contributed by atoms with E-state index in [0.717, 1.165) is 0 Å². The summed E-state index contributed by atoms with van der Waals surface area (Å²) in [6, 6.07) is 6.85. The molecule has 15 heavy (non-hydrogen) atoms. The number of carbonyl (C=O) groups is 1. The Bertz CT molecular complexity index is 363. The molecule has 0 aliphatic carbocycles. The van der Waals surface area contributed by atoms with Gasteiger partial charge in [-0.15, -0.1) is 11.6 Å². The molecule has 1 aromatic carbocycles. The number of hydrogen-bond donors (Lipinski definition) is 1. The van der Waals surface area contributed by atoms with Crippen molar-refractivity contribution in [1.82, 2.24) is 0 Å². The number of hydrogen-bond acceptors (Lipinski definition) is 2. The summed E-state index contributed by atoms with van der Waals surface area (Å²) in [5.41, 5.74) is 5.57. The third-order valence-electron chi connectivity index (χ3n) is 1.74. The smallest absolute Gasteiger partial charge is 0.252 e. The first kappa shape index (κ1) is 11.6. The molecule has 0 saturated carbocycles. The van der Waals surface area contributed by atoms with Crippen molar-refractivity contribution in [2.45, 2.75) is 0 Å². The second-order valence-electron chi connectivity index (χ2n) is 2.80. The fourth-order valence-corrected chi connectivity index (χ4v) is 1.19. The molecule has 2 N–H and O–H groups in total. The Morgan fingerprint density at radius 2 is 2.13 bits per heavy atom. The molecule has 0 atom stereocenters. The predicted octanol–water partition coefficient (Wildman–Crippen LogP) is 1.96. The number of nitrogens with two attached hydrogens (primary N) is 1. The van der Waals surface area contributed by atoms with Gasteiger partial charge in [0.1, 0.15) is 12.4 Å². The lowest BCUT2D eigenvalue weighted by Gasteiger charge is -2.06. The quantitative estimate of drug-likeness (QED) is 0.615. The van der Waals surface area contributed by atoms with Gasteiger partial charge in [-0.3, -0.25) is 4.79 Å². The van der Waals surface area contributed by atoms with Crippen molar-refractivity contribution >= 4 is 17.5 Å². The molecule has 1 amide bonds. The van der Waals surface area contributed by atoms with Gasteiger partial charge in [0.05, 0.1) is 5.56 Å². The number of carbonyl (C=O) groups excluding carboxylic acids is 1. The summed E-state index contributed by atoms with van der Waals surface area (Å²) in [4.78, 5) is 11.0. The van der Waals surface area contributed by atoms with Gasteiger partial charge in [-0.1, -0.05) is 24.3 Å². The molecule has 0 aromatic heterocycles. The summed E-state index contributed by atoms with van der Waals surface area (Å²) in [6.07, 6.45) is 3.55. The minimum Gasteiger partial charge on any atom is -0.489 e. The van der Waals surface area contributed by atoms with Gasteiger partial charge in [-0.2, -0.15) is 0 Å². The molecule has 0 bridgehead atoms. The van der Waals surface area contributed by atoms with Crippen LogP contribution in [0.3, 0.4) is 0 Å². The molecule has 4 heteroatoms. The van der Waals surface area contributed by atoms with Gasteiger partial charge in [0.25, 0.3) is 5.91 Å². The predicted molar refractivity (Wildman–Crippen MR) is 60.3 cm³/mol. The molecule has 1 rings (SSSR count). The molecular formula is C11H12ClNO2. The first-order valence-corrected chi connectivity index (χ1v) is 5.01. The van der Waals surface area contributed by atoms with E-state index in [1.54, 1.807) is 36.4 Å². The van der Waals surface area contributed by atoms with Crippen molar-refractivity contribution in [3.05, 3.63) is 42.0 Å². The lowest BCUT2D eigenvalue weighted by Crippen LogP contribution is -2.12. The zero-order valence-corrected chi connectivity index (χ0v) is 8.91. The lowest BCUT2D eigenvalue weighted by molar-refractivity contribution is 0.0997. The van der Waals surface area contributed by atoms with E-state index in [4.69, 9.17) is 22.1 Å². The third kappa shape index (κ3) is 3.64. The summed E-state index contributed by atoms with van der Waals surface area (Å²) in [5, 5.41) is 0. The monoisotopic (exact) mass is 225 g/mol. The number of alkyl halides is 1. The van der Waals surface area contributed by atoms with Crippen molar-refractivity contribution in [1.29, 1.82) is 0 Å². The van der Waals surface area contributed by atoms with Crippen LogP contribution in [0.2, 0.25) is 0 Å². The molecule has 1 aromatic rings. The van der Waals surface area contributed by atoms with Crippen molar-refractivity contribution in [2.24, 2.45) is 5.73 Å². The average Bonchev–Trinajstić information content (AvgIpc) is 2.25. The van der Waals surface area contributed by atoms with Crippen LogP contribution in [0, 0.1) is 0 Å². The SMILES string of the molecule is NC(=O)c1ccccc1OCC=CCCl. The van der Waals surface area contributed by atoms with Crippen LogP contribution >= 0.6 is 11.6 Å². The maximum absolute atomic E-state index is 11.0. The molecule has 3 nitrogen and oxygen atoms in total. The van der Waals surface area contributed by atoms with Crippen LogP contribution in [0.25, 0.3) is 0 Å². The largest absolute Gasteiger partial charge is 0.489 e. The summed E-state index contributed by atoms with van der Waals surface area (Å²) >= 11 is 5.45.